The second-order valence-corrected chi connectivity index (χ2v) is 4.03. The largest absolute Gasteiger partial charge is 0.392 e. The smallest absolute Gasteiger partial charge is 0.0685 e. The molecular weight excluding hydrogens is 174 g/mol. The van der Waals surface area contributed by atoms with Crippen LogP contribution in [0, 0.1) is 5.92 Å². The number of aliphatic hydroxyl groups excluding tert-OH is 1. The maximum absolute atomic E-state index is 9.31. The fraction of sp³-hybridized carbons (Fsp3) is 0.333. The standard InChI is InChI=1S/C12H13NO/c14-8-10-5-9-6-13(7-9)12-4-2-1-3-11(10)12/h1-5,9,14H,6-8H2. The number of benzene rings is 1. The maximum Gasteiger partial charge on any atom is 0.0685 e. The topological polar surface area (TPSA) is 23.5 Å². The third-order valence-corrected chi connectivity index (χ3v) is 3.11. The lowest BCUT2D eigenvalue weighted by Crippen LogP contribution is -2.45. The molecule has 2 nitrogen and oxygen atoms in total. The summed E-state index contributed by atoms with van der Waals surface area (Å²) < 4.78 is 0. The molecule has 0 saturated carbocycles. The molecule has 0 unspecified atom stereocenters. The van der Waals surface area contributed by atoms with Crippen LogP contribution in [0.15, 0.2) is 30.3 Å². The first-order valence-corrected chi connectivity index (χ1v) is 5.04. The van der Waals surface area contributed by atoms with Gasteiger partial charge in [-0.15, -0.1) is 0 Å². The average Bonchev–Trinajstić information content (AvgIpc) is 2.41. The lowest BCUT2D eigenvalue weighted by atomic mass is 10.00. The fourth-order valence-corrected chi connectivity index (χ4v) is 2.35. The zero-order valence-corrected chi connectivity index (χ0v) is 7.98. The minimum absolute atomic E-state index is 0.154. The molecule has 1 aromatic carbocycles. The van der Waals surface area contributed by atoms with Crippen molar-refractivity contribution >= 4 is 11.3 Å². The van der Waals surface area contributed by atoms with Crippen LogP contribution in [0.2, 0.25) is 0 Å². The number of anilines is 1. The number of nitrogens with zero attached hydrogens (tertiary/aromatic N) is 1. The Morgan fingerprint density at radius 3 is 2.86 bits per heavy atom. The van der Waals surface area contributed by atoms with Gasteiger partial charge in [0.25, 0.3) is 0 Å². The predicted octanol–water partition coefficient (Wildman–Crippen LogP) is 1.51. The van der Waals surface area contributed by atoms with Crippen molar-refractivity contribution in [2.24, 2.45) is 5.92 Å². The Morgan fingerprint density at radius 1 is 1.29 bits per heavy atom. The molecule has 0 radical (unpaired) electrons. The highest BCUT2D eigenvalue weighted by molar-refractivity contribution is 5.80. The number of aliphatic hydroxyl groups is 1. The SMILES string of the molecule is OCC1=CC2CN(C2)c2ccccc21. The van der Waals surface area contributed by atoms with Gasteiger partial charge in [0.1, 0.15) is 0 Å². The van der Waals surface area contributed by atoms with E-state index < -0.39 is 0 Å². The molecule has 2 heteroatoms. The molecule has 1 N–H and O–H groups in total. The van der Waals surface area contributed by atoms with Gasteiger partial charge in [0.05, 0.1) is 6.61 Å². The van der Waals surface area contributed by atoms with E-state index in [2.05, 4.69) is 29.2 Å². The molecule has 3 aliphatic heterocycles. The van der Waals surface area contributed by atoms with Gasteiger partial charge in [-0.3, -0.25) is 0 Å². The molecule has 4 rings (SSSR count). The summed E-state index contributed by atoms with van der Waals surface area (Å²) in [7, 11) is 0. The highest BCUT2D eigenvalue weighted by Crippen LogP contribution is 2.37. The summed E-state index contributed by atoms with van der Waals surface area (Å²) in [5, 5.41) is 9.31. The molecule has 0 atom stereocenters. The Hall–Kier alpha value is -1.28. The first-order valence-electron chi connectivity index (χ1n) is 5.04. The molecule has 1 fully saturated rings. The Labute approximate surface area is 83.5 Å². The van der Waals surface area contributed by atoms with Crippen molar-refractivity contribution < 1.29 is 5.11 Å². The van der Waals surface area contributed by atoms with Gasteiger partial charge in [-0.25, -0.2) is 0 Å². The molecule has 0 aromatic heterocycles. The van der Waals surface area contributed by atoms with E-state index in [1.54, 1.807) is 0 Å². The molecule has 0 aliphatic carbocycles. The highest BCUT2D eigenvalue weighted by Gasteiger charge is 2.30. The van der Waals surface area contributed by atoms with Gasteiger partial charge < -0.3 is 10.0 Å². The number of rotatable bonds is 1. The Morgan fingerprint density at radius 2 is 2.07 bits per heavy atom. The van der Waals surface area contributed by atoms with E-state index in [0.29, 0.717) is 5.92 Å². The van der Waals surface area contributed by atoms with Crippen molar-refractivity contribution in [1.82, 2.24) is 0 Å². The first kappa shape index (κ1) is 8.06. The van der Waals surface area contributed by atoms with E-state index in [0.717, 1.165) is 18.7 Å². The van der Waals surface area contributed by atoms with Crippen LogP contribution in [-0.2, 0) is 0 Å². The van der Waals surface area contributed by atoms with E-state index in [4.69, 9.17) is 0 Å². The highest BCUT2D eigenvalue weighted by atomic mass is 16.3. The van der Waals surface area contributed by atoms with Crippen molar-refractivity contribution in [3.05, 3.63) is 35.9 Å². The van der Waals surface area contributed by atoms with Gasteiger partial charge in [-0.05, 0) is 11.6 Å². The summed E-state index contributed by atoms with van der Waals surface area (Å²) >= 11 is 0. The van der Waals surface area contributed by atoms with Crippen molar-refractivity contribution in [2.75, 3.05) is 24.6 Å². The van der Waals surface area contributed by atoms with E-state index >= 15 is 0 Å². The van der Waals surface area contributed by atoms with Crippen LogP contribution in [0.4, 0.5) is 5.69 Å². The Kier molecular flexibility index (Phi) is 1.64. The maximum atomic E-state index is 9.31. The fourth-order valence-electron chi connectivity index (χ4n) is 2.35. The minimum atomic E-state index is 0.154. The summed E-state index contributed by atoms with van der Waals surface area (Å²) in [6.45, 7) is 2.38. The quantitative estimate of drug-likeness (QED) is 0.720. The summed E-state index contributed by atoms with van der Waals surface area (Å²) in [5.41, 5.74) is 3.57. The van der Waals surface area contributed by atoms with E-state index in [1.165, 1.54) is 11.3 Å². The summed E-state index contributed by atoms with van der Waals surface area (Å²) in [6.07, 6.45) is 2.22. The summed E-state index contributed by atoms with van der Waals surface area (Å²) in [4.78, 5) is 2.37. The average molecular weight is 187 g/mol. The van der Waals surface area contributed by atoms with Gasteiger partial charge in [-0.1, -0.05) is 24.3 Å². The van der Waals surface area contributed by atoms with Crippen LogP contribution in [0.5, 0.6) is 0 Å². The van der Waals surface area contributed by atoms with Gasteiger partial charge in [0, 0.05) is 30.3 Å². The molecule has 3 heterocycles. The van der Waals surface area contributed by atoms with Gasteiger partial charge in [-0.2, -0.15) is 0 Å². The molecule has 1 saturated heterocycles. The molecule has 14 heavy (non-hydrogen) atoms. The van der Waals surface area contributed by atoms with Crippen LogP contribution in [0.3, 0.4) is 0 Å². The molecule has 3 aliphatic rings. The summed E-state index contributed by atoms with van der Waals surface area (Å²) in [5.74, 6) is 0.643. The normalized spacial score (nSPS) is 19.5. The lowest BCUT2D eigenvalue weighted by Gasteiger charge is -2.38. The molecular formula is C12H13NO. The third kappa shape index (κ3) is 1.01. The molecule has 1 aromatic rings. The molecule has 0 spiro atoms. The van der Waals surface area contributed by atoms with E-state index in [-0.39, 0.29) is 6.61 Å². The van der Waals surface area contributed by atoms with Crippen molar-refractivity contribution in [3.63, 3.8) is 0 Å². The van der Waals surface area contributed by atoms with Gasteiger partial charge >= 0.3 is 0 Å². The van der Waals surface area contributed by atoms with Crippen LogP contribution in [0.1, 0.15) is 5.56 Å². The molecule has 72 valence electrons. The number of hydrogen-bond donors (Lipinski definition) is 1. The minimum Gasteiger partial charge on any atom is -0.392 e. The van der Waals surface area contributed by atoms with Crippen molar-refractivity contribution in [2.45, 2.75) is 0 Å². The lowest BCUT2D eigenvalue weighted by molar-refractivity contribution is 0.349. The monoisotopic (exact) mass is 187 g/mol. The molecule has 0 amide bonds. The predicted molar refractivity (Wildman–Crippen MR) is 57.2 cm³/mol. The summed E-state index contributed by atoms with van der Waals surface area (Å²) in [6, 6.07) is 8.33. The number of hydrogen-bond acceptors (Lipinski definition) is 2. The van der Waals surface area contributed by atoms with Gasteiger partial charge in [0.2, 0.25) is 0 Å². The Bertz CT molecular complexity index is 391. The van der Waals surface area contributed by atoms with Crippen LogP contribution in [0.25, 0.3) is 5.57 Å². The van der Waals surface area contributed by atoms with Gasteiger partial charge in [0.15, 0.2) is 0 Å². The first-order chi connectivity index (χ1) is 6.88. The second kappa shape index (κ2) is 2.85. The van der Waals surface area contributed by atoms with Crippen LogP contribution in [-0.4, -0.2) is 24.8 Å². The van der Waals surface area contributed by atoms with E-state index in [1.807, 2.05) is 6.07 Å². The number of para-hydroxylation sites is 1. The zero-order chi connectivity index (χ0) is 9.54. The zero-order valence-electron chi connectivity index (χ0n) is 7.98. The molecule has 2 bridgehead atoms. The van der Waals surface area contributed by atoms with Crippen molar-refractivity contribution in [1.29, 1.82) is 0 Å². The van der Waals surface area contributed by atoms with Crippen molar-refractivity contribution in [3.8, 4) is 0 Å². The third-order valence-electron chi connectivity index (χ3n) is 3.11. The second-order valence-electron chi connectivity index (χ2n) is 4.03. The van der Waals surface area contributed by atoms with Crippen LogP contribution >= 0.6 is 0 Å². The Balaban J connectivity index is 2.17. The van der Waals surface area contributed by atoms with Crippen LogP contribution < -0.4 is 4.90 Å². The van der Waals surface area contributed by atoms with E-state index in [9.17, 15) is 5.11 Å².